The van der Waals surface area contributed by atoms with E-state index in [0.29, 0.717) is 44.3 Å². The zero-order valence-corrected chi connectivity index (χ0v) is 20.5. The predicted molar refractivity (Wildman–Crippen MR) is 129 cm³/mol. The lowest BCUT2D eigenvalue weighted by Crippen LogP contribution is -2.58. The highest BCUT2D eigenvalue weighted by Gasteiger charge is 2.33. The number of carboxylic acids is 1. The van der Waals surface area contributed by atoms with E-state index in [2.05, 4.69) is 31.2 Å². The number of carbonyl (C=O) groups is 4. The molecule has 35 heavy (non-hydrogen) atoms. The van der Waals surface area contributed by atoms with Gasteiger partial charge >= 0.3 is 5.97 Å². The molecule has 3 amide bonds. The monoisotopic (exact) mass is 493 g/mol. The number of nitrogens with zero attached hydrogens (tertiary/aromatic N) is 1. The van der Waals surface area contributed by atoms with Crippen molar-refractivity contribution in [1.82, 2.24) is 31.2 Å². The Balaban J connectivity index is 2.10. The highest BCUT2D eigenvalue weighted by Crippen LogP contribution is 2.12. The summed E-state index contributed by atoms with van der Waals surface area (Å²) in [5.74, 6) is -2.78. The molecule has 0 saturated carbocycles. The fourth-order valence-corrected chi connectivity index (χ4v) is 3.98. The number of hydrogen-bond donors (Lipinski definition) is 7. The number of amides is 3. The Morgan fingerprint density at radius 3 is 2.51 bits per heavy atom. The van der Waals surface area contributed by atoms with Gasteiger partial charge in [-0.1, -0.05) is 20.3 Å². The van der Waals surface area contributed by atoms with Gasteiger partial charge in [-0.15, -0.1) is 0 Å². The van der Waals surface area contributed by atoms with Gasteiger partial charge in [0.05, 0.1) is 12.4 Å². The summed E-state index contributed by atoms with van der Waals surface area (Å²) in [5, 5.41) is 20.8. The van der Waals surface area contributed by atoms with E-state index in [1.807, 2.05) is 6.92 Å². The van der Waals surface area contributed by atoms with Crippen LogP contribution in [0.2, 0.25) is 0 Å². The number of aliphatic carboxylic acids is 1. The van der Waals surface area contributed by atoms with Crippen LogP contribution in [0.5, 0.6) is 0 Å². The van der Waals surface area contributed by atoms with Crippen LogP contribution in [0.15, 0.2) is 12.5 Å². The summed E-state index contributed by atoms with van der Waals surface area (Å²) in [6.45, 7) is 4.90. The Kier molecular flexibility index (Phi) is 11.6. The first kappa shape index (κ1) is 28.2. The summed E-state index contributed by atoms with van der Waals surface area (Å²) >= 11 is 0. The van der Waals surface area contributed by atoms with Gasteiger partial charge < -0.3 is 37.1 Å². The van der Waals surface area contributed by atoms with Gasteiger partial charge in [0.2, 0.25) is 17.7 Å². The molecule has 0 spiro atoms. The maximum atomic E-state index is 13.2. The second-order valence-electron chi connectivity index (χ2n) is 9.05. The summed E-state index contributed by atoms with van der Waals surface area (Å²) in [6, 6.07) is -3.32. The van der Waals surface area contributed by atoms with Crippen LogP contribution in [-0.2, 0) is 25.6 Å². The van der Waals surface area contributed by atoms with E-state index < -0.39 is 35.9 Å². The number of nitrogens with one attached hydrogen (secondary N) is 5. The molecule has 8 N–H and O–H groups in total. The quantitative estimate of drug-likeness (QED) is 0.158. The number of unbranched alkanes of at least 4 members (excludes halogenated alkanes) is 1. The number of aromatic amines is 1. The maximum Gasteiger partial charge on any atom is 0.326 e. The maximum absolute atomic E-state index is 13.2. The van der Waals surface area contributed by atoms with Crippen molar-refractivity contribution in [1.29, 1.82) is 0 Å². The Morgan fingerprint density at radius 1 is 1.17 bits per heavy atom. The van der Waals surface area contributed by atoms with Crippen molar-refractivity contribution in [2.75, 3.05) is 13.1 Å². The number of nitrogens with two attached hydrogens (primary N) is 1. The fourth-order valence-electron chi connectivity index (χ4n) is 3.98. The molecule has 5 atom stereocenters. The van der Waals surface area contributed by atoms with E-state index in [4.69, 9.17) is 5.73 Å². The number of rotatable bonds is 15. The number of carboxylic acid groups (broad SMARTS) is 1. The van der Waals surface area contributed by atoms with Gasteiger partial charge in [0.15, 0.2) is 0 Å². The number of carbonyl (C=O) groups excluding carboxylic acids is 3. The second kappa shape index (κ2) is 14.4. The summed E-state index contributed by atoms with van der Waals surface area (Å²) < 4.78 is 0. The largest absolute Gasteiger partial charge is 0.480 e. The van der Waals surface area contributed by atoms with Gasteiger partial charge in [0.1, 0.15) is 18.1 Å². The van der Waals surface area contributed by atoms with Gasteiger partial charge in [-0.25, -0.2) is 9.78 Å². The van der Waals surface area contributed by atoms with Crippen molar-refractivity contribution in [2.45, 2.75) is 83.0 Å². The number of H-pyrrole nitrogens is 1. The Hall–Kier alpha value is -2.99. The van der Waals surface area contributed by atoms with Crippen molar-refractivity contribution in [3.8, 4) is 0 Å². The van der Waals surface area contributed by atoms with Gasteiger partial charge in [-0.2, -0.15) is 0 Å². The molecule has 196 valence electrons. The van der Waals surface area contributed by atoms with Gasteiger partial charge in [0.25, 0.3) is 0 Å². The molecule has 1 saturated heterocycles. The normalized spacial score (nSPS) is 18.8. The highest BCUT2D eigenvalue weighted by molar-refractivity contribution is 5.94. The average molecular weight is 494 g/mol. The van der Waals surface area contributed by atoms with Crippen LogP contribution in [0.3, 0.4) is 0 Å². The first-order chi connectivity index (χ1) is 16.8. The first-order valence-corrected chi connectivity index (χ1v) is 12.3. The number of imidazole rings is 1. The molecule has 0 aliphatic carbocycles. The van der Waals surface area contributed by atoms with Gasteiger partial charge in [-0.3, -0.25) is 14.4 Å². The van der Waals surface area contributed by atoms with Crippen LogP contribution in [-0.4, -0.2) is 76.0 Å². The van der Waals surface area contributed by atoms with Crippen LogP contribution >= 0.6 is 0 Å². The van der Waals surface area contributed by atoms with E-state index in [-0.39, 0.29) is 24.3 Å². The molecule has 1 aliphatic rings. The predicted octanol–water partition coefficient (Wildman–Crippen LogP) is -0.582. The summed E-state index contributed by atoms with van der Waals surface area (Å²) in [6.07, 6.45) is 6.83. The molecule has 1 aromatic rings. The SMILES string of the molecule is CCC(C)C(NC(=O)C(CCCCN)NC(=O)C1CCCN1)C(=O)NC(Cc1cnc[nH]1)C(=O)O. The standard InChI is InChI=1S/C23H39N7O5/c1-3-14(2)19(22(33)29-18(23(34)35)11-15-12-25-13-27-15)30-21(32)17(7-4-5-9-24)28-20(31)16-8-6-10-26-16/h12-14,16-19,26H,3-11,24H2,1-2H3,(H,25,27)(H,28,31)(H,29,33)(H,30,32)(H,34,35). The van der Waals surface area contributed by atoms with Crippen LogP contribution < -0.4 is 27.0 Å². The average Bonchev–Trinajstić information content (AvgIpc) is 3.55. The molecule has 0 aromatic carbocycles. The topological polar surface area (TPSA) is 191 Å². The molecule has 0 radical (unpaired) electrons. The third-order valence-electron chi connectivity index (χ3n) is 6.34. The molecule has 2 rings (SSSR count). The van der Waals surface area contributed by atoms with E-state index in [1.54, 1.807) is 6.92 Å². The molecule has 2 heterocycles. The van der Waals surface area contributed by atoms with Crippen molar-refractivity contribution in [3.05, 3.63) is 18.2 Å². The molecule has 5 unspecified atom stereocenters. The minimum Gasteiger partial charge on any atom is -0.480 e. The van der Waals surface area contributed by atoms with E-state index in [0.717, 1.165) is 13.0 Å². The van der Waals surface area contributed by atoms with Crippen molar-refractivity contribution in [3.63, 3.8) is 0 Å². The fraction of sp³-hybridized carbons (Fsp3) is 0.696. The minimum absolute atomic E-state index is 0.0222. The van der Waals surface area contributed by atoms with E-state index in [9.17, 15) is 24.3 Å². The molecule has 12 heteroatoms. The van der Waals surface area contributed by atoms with Crippen LogP contribution in [0, 0.1) is 5.92 Å². The highest BCUT2D eigenvalue weighted by atomic mass is 16.4. The van der Waals surface area contributed by atoms with Crippen LogP contribution in [0.1, 0.15) is 58.1 Å². The Labute approximate surface area is 205 Å². The zero-order valence-electron chi connectivity index (χ0n) is 20.5. The molecule has 12 nitrogen and oxygen atoms in total. The molecular weight excluding hydrogens is 454 g/mol. The lowest BCUT2D eigenvalue weighted by Gasteiger charge is -2.28. The summed E-state index contributed by atoms with van der Waals surface area (Å²) in [5.41, 5.74) is 6.14. The van der Waals surface area contributed by atoms with E-state index in [1.165, 1.54) is 12.5 Å². The Bertz CT molecular complexity index is 826. The number of hydrogen-bond acceptors (Lipinski definition) is 7. The molecule has 1 fully saturated rings. The van der Waals surface area contributed by atoms with Crippen molar-refractivity contribution >= 4 is 23.7 Å². The minimum atomic E-state index is -1.20. The van der Waals surface area contributed by atoms with Gasteiger partial charge in [-0.05, 0) is 51.1 Å². The summed E-state index contributed by atoms with van der Waals surface area (Å²) in [7, 11) is 0. The van der Waals surface area contributed by atoms with Crippen LogP contribution in [0.4, 0.5) is 0 Å². The zero-order chi connectivity index (χ0) is 25.8. The third-order valence-corrected chi connectivity index (χ3v) is 6.34. The number of aromatic nitrogens is 2. The molecule has 1 aromatic heterocycles. The smallest absolute Gasteiger partial charge is 0.326 e. The molecule has 0 bridgehead atoms. The molecular formula is C23H39N7O5. The second-order valence-corrected chi connectivity index (χ2v) is 9.05. The van der Waals surface area contributed by atoms with Crippen molar-refractivity contribution < 1.29 is 24.3 Å². The van der Waals surface area contributed by atoms with Gasteiger partial charge in [0, 0.05) is 18.3 Å². The lowest BCUT2D eigenvalue weighted by molar-refractivity contribution is -0.142. The lowest BCUT2D eigenvalue weighted by atomic mass is 9.96. The van der Waals surface area contributed by atoms with Crippen LogP contribution in [0.25, 0.3) is 0 Å². The molecule has 1 aliphatic heterocycles. The van der Waals surface area contributed by atoms with E-state index >= 15 is 0 Å². The summed E-state index contributed by atoms with van der Waals surface area (Å²) in [4.78, 5) is 57.4. The van der Waals surface area contributed by atoms with Crippen molar-refractivity contribution in [2.24, 2.45) is 11.7 Å². The Morgan fingerprint density at radius 2 is 1.94 bits per heavy atom. The first-order valence-electron chi connectivity index (χ1n) is 12.3. The third kappa shape index (κ3) is 8.95.